The summed E-state index contributed by atoms with van der Waals surface area (Å²) in [4.78, 5) is 0. The first kappa shape index (κ1) is 15.9. The lowest BCUT2D eigenvalue weighted by Gasteiger charge is -2.31. The number of aliphatic hydroxyl groups excluding tert-OH is 1. The van der Waals surface area contributed by atoms with Crippen LogP contribution in [0.1, 0.15) is 58.8 Å². The summed E-state index contributed by atoms with van der Waals surface area (Å²) in [5, 5.41) is 12.5. The molecule has 3 nitrogen and oxygen atoms in total. The summed E-state index contributed by atoms with van der Waals surface area (Å²) < 4.78 is 6.06. The fourth-order valence-corrected chi connectivity index (χ4v) is 2.84. The smallest absolute Gasteiger partial charge is 0.0610 e. The molecule has 0 amide bonds. The molecule has 2 N–H and O–H groups in total. The molecule has 0 heterocycles. The van der Waals surface area contributed by atoms with Gasteiger partial charge in [-0.05, 0) is 45.6 Å². The Morgan fingerprint density at radius 3 is 2.67 bits per heavy atom. The van der Waals surface area contributed by atoms with E-state index in [9.17, 15) is 5.11 Å². The highest BCUT2D eigenvalue weighted by atomic mass is 16.5. The van der Waals surface area contributed by atoms with E-state index in [2.05, 4.69) is 19.2 Å². The van der Waals surface area contributed by atoms with Crippen LogP contribution in [-0.4, -0.2) is 37.0 Å². The molecule has 1 saturated carbocycles. The molecule has 1 aliphatic rings. The Bertz CT molecular complexity index is 217. The van der Waals surface area contributed by atoms with Crippen molar-refractivity contribution < 1.29 is 9.84 Å². The number of ether oxygens (including phenoxy) is 1. The zero-order valence-electron chi connectivity index (χ0n) is 12.4. The lowest BCUT2D eigenvalue weighted by molar-refractivity contribution is -0.0159. The van der Waals surface area contributed by atoms with Crippen molar-refractivity contribution in [2.24, 2.45) is 5.92 Å². The lowest BCUT2D eigenvalue weighted by Crippen LogP contribution is -2.43. The van der Waals surface area contributed by atoms with Gasteiger partial charge in [0.15, 0.2) is 0 Å². The molecular weight excluding hydrogens is 226 g/mol. The fraction of sp³-hybridized carbons (Fsp3) is 1.00. The van der Waals surface area contributed by atoms with Crippen molar-refractivity contribution in [2.45, 2.75) is 70.4 Å². The van der Waals surface area contributed by atoms with Crippen LogP contribution in [0.25, 0.3) is 0 Å². The molecule has 1 rings (SSSR count). The number of hydrogen-bond donors (Lipinski definition) is 2. The summed E-state index contributed by atoms with van der Waals surface area (Å²) in [6.45, 7) is 5.35. The van der Waals surface area contributed by atoms with Crippen LogP contribution in [0.4, 0.5) is 0 Å². The Balaban J connectivity index is 2.20. The van der Waals surface area contributed by atoms with Crippen LogP contribution in [0.5, 0.6) is 0 Å². The van der Waals surface area contributed by atoms with Crippen molar-refractivity contribution in [3.63, 3.8) is 0 Å². The van der Waals surface area contributed by atoms with Gasteiger partial charge >= 0.3 is 0 Å². The van der Waals surface area contributed by atoms with E-state index in [1.807, 2.05) is 7.05 Å². The molecule has 3 unspecified atom stereocenters. The molecule has 0 aliphatic heterocycles. The van der Waals surface area contributed by atoms with Gasteiger partial charge in [-0.3, -0.25) is 0 Å². The van der Waals surface area contributed by atoms with E-state index in [1.165, 1.54) is 32.1 Å². The summed E-state index contributed by atoms with van der Waals surface area (Å²) in [6, 6.07) is 0. The van der Waals surface area contributed by atoms with Gasteiger partial charge in [0.2, 0.25) is 0 Å². The molecule has 1 aliphatic carbocycles. The van der Waals surface area contributed by atoms with Crippen molar-refractivity contribution in [1.29, 1.82) is 0 Å². The van der Waals surface area contributed by atoms with Crippen LogP contribution < -0.4 is 5.32 Å². The molecule has 3 heteroatoms. The van der Waals surface area contributed by atoms with Gasteiger partial charge in [-0.25, -0.2) is 0 Å². The van der Waals surface area contributed by atoms with E-state index in [1.54, 1.807) is 0 Å². The summed E-state index contributed by atoms with van der Waals surface area (Å²) in [5.74, 6) is 0.771. The van der Waals surface area contributed by atoms with Gasteiger partial charge in [0.05, 0.1) is 12.7 Å². The number of likely N-dealkylation sites (N-methyl/N-ethyl adjacent to an activating group) is 1. The third-order valence-electron chi connectivity index (χ3n) is 4.52. The topological polar surface area (TPSA) is 41.5 Å². The van der Waals surface area contributed by atoms with Crippen LogP contribution in [0, 0.1) is 5.92 Å². The zero-order valence-corrected chi connectivity index (χ0v) is 12.4. The molecule has 3 atom stereocenters. The molecule has 0 aromatic rings. The van der Waals surface area contributed by atoms with E-state index in [-0.39, 0.29) is 12.1 Å². The standard InChI is InChI=1S/C15H31NO2/c1-4-13-8-5-6-9-14(13)18-11-7-10-15(2,12-17)16-3/h13-14,16-17H,4-12H2,1-3H3. The highest BCUT2D eigenvalue weighted by Gasteiger charge is 2.25. The minimum atomic E-state index is -0.153. The first-order valence-corrected chi connectivity index (χ1v) is 7.56. The maximum absolute atomic E-state index is 9.31. The summed E-state index contributed by atoms with van der Waals surface area (Å²) in [5.41, 5.74) is -0.153. The largest absolute Gasteiger partial charge is 0.394 e. The Morgan fingerprint density at radius 2 is 2.06 bits per heavy atom. The molecule has 0 radical (unpaired) electrons. The van der Waals surface area contributed by atoms with Crippen molar-refractivity contribution in [2.75, 3.05) is 20.3 Å². The second kappa shape index (κ2) is 8.13. The van der Waals surface area contributed by atoms with E-state index in [0.29, 0.717) is 6.10 Å². The van der Waals surface area contributed by atoms with E-state index in [0.717, 1.165) is 25.4 Å². The number of hydrogen-bond acceptors (Lipinski definition) is 3. The van der Waals surface area contributed by atoms with Crippen molar-refractivity contribution in [1.82, 2.24) is 5.32 Å². The molecule has 108 valence electrons. The molecule has 0 saturated heterocycles. The van der Waals surface area contributed by atoms with Crippen LogP contribution in [-0.2, 0) is 4.74 Å². The third-order valence-corrected chi connectivity index (χ3v) is 4.52. The Morgan fingerprint density at radius 1 is 1.33 bits per heavy atom. The van der Waals surface area contributed by atoms with Gasteiger partial charge in [0.25, 0.3) is 0 Å². The monoisotopic (exact) mass is 257 g/mol. The summed E-state index contributed by atoms with van der Waals surface area (Å²) >= 11 is 0. The number of nitrogens with one attached hydrogen (secondary N) is 1. The molecule has 18 heavy (non-hydrogen) atoms. The maximum atomic E-state index is 9.31. The van der Waals surface area contributed by atoms with E-state index < -0.39 is 0 Å². The Hall–Kier alpha value is -0.120. The molecular formula is C15H31NO2. The average Bonchev–Trinajstić information content (AvgIpc) is 2.43. The highest BCUT2D eigenvalue weighted by molar-refractivity contribution is 4.80. The van der Waals surface area contributed by atoms with Gasteiger partial charge in [0, 0.05) is 12.1 Å². The van der Waals surface area contributed by atoms with Gasteiger partial charge in [0.1, 0.15) is 0 Å². The quantitative estimate of drug-likeness (QED) is 0.657. The summed E-state index contributed by atoms with van der Waals surface area (Å²) in [7, 11) is 1.91. The third kappa shape index (κ3) is 4.87. The van der Waals surface area contributed by atoms with Gasteiger partial charge in [-0.2, -0.15) is 0 Å². The van der Waals surface area contributed by atoms with Crippen LogP contribution in [0.2, 0.25) is 0 Å². The number of aliphatic hydroxyl groups is 1. The predicted molar refractivity (Wildman–Crippen MR) is 75.8 cm³/mol. The van der Waals surface area contributed by atoms with Gasteiger partial charge < -0.3 is 15.2 Å². The van der Waals surface area contributed by atoms with Crippen molar-refractivity contribution in [3.8, 4) is 0 Å². The second-order valence-corrected chi connectivity index (χ2v) is 5.93. The first-order chi connectivity index (χ1) is 8.65. The molecule has 0 bridgehead atoms. The molecule has 0 aromatic heterocycles. The van der Waals surface area contributed by atoms with Crippen molar-refractivity contribution in [3.05, 3.63) is 0 Å². The lowest BCUT2D eigenvalue weighted by atomic mass is 9.85. The molecule has 0 spiro atoms. The van der Waals surface area contributed by atoms with E-state index >= 15 is 0 Å². The zero-order chi connectivity index (χ0) is 13.4. The fourth-order valence-electron chi connectivity index (χ4n) is 2.84. The molecule has 0 aromatic carbocycles. The van der Waals surface area contributed by atoms with E-state index in [4.69, 9.17) is 4.74 Å². The Kier molecular flexibility index (Phi) is 7.20. The van der Waals surface area contributed by atoms with Crippen LogP contribution >= 0.6 is 0 Å². The predicted octanol–water partition coefficient (Wildman–Crippen LogP) is 2.72. The normalized spacial score (nSPS) is 28.0. The second-order valence-electron chi connectivity index (χ2n) is 5.93. The van der Waals surface area contributed by atoms with Crippen LogP contribution in [0.3, 0.4) is 0 Å². The summed E-state index contributed by atoms with van der Waals surface area (Å²) in [6.07, 6.45) is 8.99. The molecule has 1 fully saturated rings. The SMILES string of the molecule is CCC1CCCCC1OCCCC(C)(CO)NC. The van der Waals surface area contributed by atoms with Crippen molar-refractivity contribution >= 4 is 0 Å². The minimum Gasteiger partial charge on any atom is -0.394 e. The number of rotatable bonds is 8. The van der Waals surface area contributed by atoms with Crippen LogP contribution in [0.15, 0.2) is 0 Å². The minimum absolute atomic E-state index is 0.153. The van der Waals surface area contributed by atoms with Gasteiger partial charge in [-0.15, -0.1) is 0 Å². The van der Waals surface area contributed by atoms with Gasteiger partial charge in [-0.1, -0.05) is 26.2 Å². The maximum Gasteiger partial charge on any atom is 0.0610 e. The Labute approximate surface area is 112 Å². The highest BCUT2D eigenvalue weighted by Crippen LogP contribution is 2.29. The average molecular weight is 257 g/mol. The first-order valence-electron chi connectivity index (χ1n) is 7.56.